The van der Waals surface area contributed by atoms with Crippen LogP contribution in [-0.2, 0) is 9.59 Å². The fraction of sp³-hybridized carbons (Fsp3) is 0.0769. The minimum atomic E-state index is -0.475. The van der Waals surface area contributed by atoms with Gasteiger partial charge < -0.3 is 20.4 Å². The number of amides is 3. The van der Waals surface area contributed by atoms with Gasteiger partial charge in [0.25, 0.3) is 11.8 Å². The summed E-state index contributed by atoms with van der Waals surface area (Å²) in [7, 11) is 0. The van der Waals surface area contributed by atoms with Crippen LogP contribution in [-0.4, -0.2) is 28.0 Å². The average molecular weight is 653 g/mol. The topological polar surface area (TPSA) is 113 Å². The van der Waals surface area contributed by atoms with Crippen LogP contribution in [0.2, 0.25) is 0 Å². The van der Waals surface area contributed by atoms with E-state index in [0.29, 0.717) is 28.4 Å². The van der Waals surface area contributed by atoms with Crippen molar-refractivity contribution < 1.29 is 18.8 Å². The van der Waals surface area contributed by atoms with E-state index in [-0.39, 0.29) is 11.6 Å². The molecule has 0 saturated carbocycles. The van der Waals surface area contributed by atoms with Crippen LogP contribution >= 0.6 is 11.8 Å². The molecule has 0 aliphatic rings. The number of para-hydroxylation sites is 2. The molecule has 8 nitrogen and oxygen atoms in total. The highest BCUT2D eigenvalue weighted by Gasteiger charge is 2.18. The highest BCUT2D eigenvalue weighted by Crippen LogP contribution is 2.28. The van der Waals surface area contributed by atoms with Gasteiger partial charge in [-0.2, -0.15) is 0 Å². The number of aryl methyl sites for hydroxylation is 1. The maximum absolute atomic E-state index is 13.5. The van der Waals surface area contributed by atoms with E-state index in [9.17, 15) is 14.4 Å². The van der Waals surface area contributed by atoms with Crippen molar-refractivity contribution in [3.05, 3.63) is 150 Å². The molecule has 1 unspecified atom stereocenters. The Hall–Kier alpha value is -5.93. The fourth-order valence-electron chi connectivity index (χ4n) is 4.89. The Morgan fingerprint density at radius 3 is 2.27 bits per heavy atom. The van der Waals surface area contributed by atoms with Crippen LogP contribution < -0.4 is 16.0 Å². The van der Waals surface area contributed by atoms with Gasteiger partial charge in [-0.3, -0.25) is 14.4 Å². The minimum absolute atomic E-state index is 0.103. The summed E-state index contributed by atoms with van der Waals surface area (Å²) in [5.41, 5.74) is 5.79. The third-order valence-corrected chi connectivity index (χ3v) is 8.58. The molecule has 0 aliphatic heterocycles. The average Bonchev–Trinajstić information content (AvgIpc) is 3.54. The molecule has 0 saturated heterocycles. The van der Waals surface area contributed by atoms with E-state index in [2.05, 4.69) is 20.9 Å². The van der Waals surface area contributed by atoms with Crippen molar-refractivity contribution in [1.82, 2.24) is 10.3 Å². The molecule has 0 bridgehead atoms. The van der Waals surface area contributed by atoms with Crippen LogP contribution in [0.25, 0.3) is 28.6 Å². The summed E-state index contributed by atoms with van der Waals surface area (Å²) in [5, 5.41) is 8.20. The zero-order valence-corrected chi connectivity index (χ0v) is 27.1. The van der Waals surface area contributed by atoms with E-state index in [1.54, 1.807) is 48.5 Å². The Bertz CT molecular complexity index is 2090. The molecule has 0 radical (unpaired) electrons. The molecule has 0 fully saturated rings. The summed E-state index contributed by atoms with van der Waals surface area (Å²) in [6.07, 6.45) is 1.66. The van der Waals surface area contributed by atoms with Gasteiger partial charge in [0.1, 0.15) is 11.2 Å². The number of nitrogens with zero attached hydrogens (tertiary/aromatic N) is 1. The number of aromatic nitrogens is 1. The minimum Gasteiger partial charge on any atom is -0.436 e. The Balaban J connectivity index is 1.10. The predicted molar refractivity (Wildman–Crippen MR) is 192 cm³/mol. The lowest BCUT2D eigenvalue weighted by Gasteiger charge is -2.14. The maximum atomic E-state index is 13.5. The number of hydrogen-bond acceptors (Lipinski definition) is 6. The summed E-state index contributed by atoms with van der Waals surface area (Å²) in [6, 6.07) is 38.5. The number of rotatable bonds is 10. The lowest BCUT2D eigenvalue weighted by molar-refractivity contribution is -0.115. The van der Waals surface area contributed by atoms with E-state index < -0.39 is 17.1 Å². The van der Waals surface area contributed by atoms with Gasteiger partial charge in [-0.15, -0.1) is 11.8 Å². The zero-order valence-electron chi connectivity index (χ0n) is 26.3. The van der Waals surface area contributed by atoms with Crippen LogP contribution in [0.15, 0.2) is 142 Å². The fourth-order valence-corrected chi connectivity index (χ4v) is 5.81. The number of anilines is 2. The number of nitrogens with one attached hydrogen (secondary N) is 3. The second-order valence-corrected chi connectivity index (χ2v) is 12.4. The van der Waals surface area contributed by atoms with Crippen molar-refractivity contribution in [1.29, 1.82) is 0 Å². The highest BCUT2D eigenvalue weighted by molar-refractivity contribution is 8.00. The summed E-state index contributed by atoms with van der Waals surface area (Å²) in [5.74, 6) is -0.523. The van der Waals surface area contributed by atoms with Crippen molar-refractivity contribution in [2.75, 3.05) is 10.6 Å². The number of carbonyl (C=O) groups is 3. The first kappa shape index (κ1) is 32.0. The molecular weight excluding hydrogens is 621 g/mol. The first-order valence-electron chi connectivity index (χ1n) is 15.3. The first-order valence-corrected chi connectivity index (χ1v) is 16.2. The number of thioether (sulfide) groups is 1. The molecule has 238 valence electrons. The lowest BCUT2D eigenvalue weighted by Crippen LogP contribution is -2.30. The standard InChI is InChI=1S/C39H32N4O4S/c1-25-11-6-7-14-29(25)23-34(42-37(45)27-12-4-3-5-13-27)38(46)41-31-15-10-16-32(24-31)48-26(2)36(44)40-30-21-19-28(20-22-30)39-43-33-17-8-9-18-35(33)47-39/h3-24,26H,1-2H3,(H,40,44)(H,41,46)(H,42,45)/b34-23-. The Labute approximate surface area is 282 Å². The van der Waals surface area contributed by atoms with E-state index in [1.807, 2.05) is 98.8 Å². The largest absolute Gasteiger partial charge is 0.436 e. The summed E-state index contributed by atoms with van der Waals surface area (Å²) in [6.45, 7) is 3.76. The van der Waals surface area contributed by atoms with E-state index in [0.717, 1.165) is 27.1 Å². The second kappa shape index (κ2) is 14.7. The Morgan fingerprint density at radius 2 is 1.50 bits per heavy atom. The second-order valence-electron chi connectivity index (χ2n) is 11.0. The monoisotopic (exact) mass is 652 g/mol. The van der Waals surface area contributed by atoms with Gasteiger partial charge in [0.2, 0.25) is 11.8 Å². The van der Waals surface area contributed by atoms with Gasteiger partial charge in [-0.1, -0.05) is 60.7 Å². The molecule has 0 spiro atoms. The quantitative estimate of drug-likeness (QED) is 0.101. The molecule has 6 aromatic rings. The molecule has 9 heteroatoms. The summed E-state index contributed by atoms with van der Waals surface area (Å²) < 4.78 is 5.84. The smallest absolute Gasteiger partial charge is 0.272 e. The molecule has 3 N–H and O–H groups in total. The molecule has 1 aromatic heterocycles. The Morgan fingerprint density at radius 1 is 0.771 bits per heavy atom. The van der Waals surface area contributed by atoms with Gasteiger partial charge in [-0.05, 0) is 97.8 Å². The molecule has 48 heavy (non-hydrogen) atoms. The van der Waals surface area contributed by atoms with Crippen molar-refractivity contribution in [3.8, 4) is 11.5 Å². The van der Waals surface area contributed by atoms with Gasteiger partial charge >= 0.3 is 0 Å². The van der Waals surface area contributed by atoms with Crippen molar-refractivity contribution in [2.24, 2.45) is 0 Å². The molecule has 5 aromatic carbocycles. The molecule has 1 atom stereocenters. The highest BCUT2D eigenvalue weighted by atomic mass is 32.2. The van der Waals surface area contributed by atoms with Crippen molar-refractivity contribution in [3.63, 3.8) is 0 Å². The van der Waals surface area contributed by atoms with Crippen LogP contribution in [0.1, 0.15) is 28.4 Å². The number of oxazole rings is 1. The summed E-state index contributed by atoms with van der Waals surface area (Å²) in [4.78, 5) is 44.9. The van der Waals surface area contributed by atoms with Crippen LogP contribution in [0.5, 0.6) is 0 Å². The lowest BCUT2D eigenvalue weighted by atomic mass is 10.1. The van der Waals surface area contributed by atoms with Crippen LogP contribution in [0.3, 0.4) is 0 Å². The maximum Gasteiger partial charge on any atom is 0.272 e. The molecule has 3 amide bonds. The number of benzene rings is 5. The van der Waals surface area contributed by atoms with Gasteiger partial charge in [0, 0.05) is 27.4 Å². The predicted octanol–water partition coefficient (Wildman–Crippen LogP) is 8.33. The number of fused-ring (bicyclic) bond motifs is 1. The number of carbonyl (C=O) groups excluding carboxylic acids is 3. The van der Waals surface area contributed by atoms with Crippen LogP contribution in [0, 0.1) is 6.92 Å². The molecule has 1 heterocycles. The molecule has 0 aliphatic carbocycles. The SMILES string of the molecule is Cc1ccccc1/C=C(\NC(=O)c1ccccc1)C(=O)Nc1cccc(SC(C)C(=O)Nc2ccc(-c3nc4ccccc4o3)cc2)c1. The van der Waals surface area contributed by atoms with Gasteiger partial charge in [-0.25, -0.2) is 4.98 Å². The summed E-state index contributed by atoms with van der Waals surface area (Å²) >= 11 is 1.36. The first-order chi connectivity index (χ1) is 23.3. The van der Waals surface area contributed by atoms with E-state index >= 15 is 0 Å². The van der Waals surface area contributed by atoms with E-state index in [1.165, 1.54) is 11.8 Å². The molecule has 6 rings (SSSR count). The van der Waals surface area contributed by atoms with E-state index in [4.69, 9.17) is 4.42 Å². The molecular formula is C39H32N4O4S. The van der Waals surface area contributed by atoms with Crippen LogP contribution in [0.4, 0.5) is 11.4 Å². The normalized spacial score (nSPS) is 11.9. The third-order valence-electron chi connectivity index (χ3n) is 7.48. The van der Waals surface area contributed by atoms with Crippen molar-refractivity contribution in [2.45, 2.75) is 24.0 Å². The van der Waals surface area contributed by atoms with Gasteiger partial charge in [0.05, 0.1) is 5.25 Å². The zero-order chi connectivity index (χ0) is 33.5. The van der Waals surface area contributed by atoms with Gasteiger partial charge in [0.15, 0.2) is 5.58 Å². The number of hydrogen-bond donors (Lipinski definition) is 3. The Kier molecular flexibility index (Phi) is 9.78. The van der Waals surface area contributed by atoms with Crippen molar-refractivity contribution >= 4 is 58.0 Å². The third kappa shape index (κ3) is 7.89.